The molecule has 2 fully saturated rings. The van der Waals surface area contributed by atoms with Crippen LogP contribution in [0.15, 0.2) is 40.5 Å². The molecule has 1 aromatic rings. The third-order valence-electron chi connectivity index (χ3n) is 6.18. The van der Waals surface area contributed by atoms with Gasteiger partial charge in [0, 0.05) is 35.3 Å². The minimum absolute atomic E-state index is 0.0688. The summed E-state index contributed by atoms with van der Waals surface area (Å²) in [6, 6.07) is 7.55. The molecule has 2 aliphatic rings. The van der Waals surface area contributed by atoms with Gasteiger partial charge in [0.25, 0.3) is 5.91 Å². The van der Waals surface area contributed by atoms with Crippen LogP contribution in [0.5, 0.6) is 0 Å². The average Bonchev–Trinajstić information content (AvgIpc) is 3.21. The molecule has 3 rings (SSSR count). The minimum Gasteiger partial charge on any atom is -0.394 e. The molecule has 172 valence electrons. The largest absolute Gasteiger partial charge is 0.394 e. The molecule has 8 heteroatoms. The highest BCUT2D eigenvalue weighted by atomic mass is 35.5. The number of rotatable bonds is 9. The fraction of sp³-hybridized carbons (Fsp3) is 0.500. The van der Waals surface area contributed by atoms with E-state index >= 15 is 0 Å². The summed E-state index contributed by atoms with van der Waals surface area (Å²) in [5, 5.41) is 6.50. The summed E-state index contributed by atoms with van der Waals surface area (Å²) in [6.07, 6.45) is 7.67. The van der Waals surface area contributed by atoms with Gasteiger partial charge in [-0.05, 0) is 62.1 Å². The molecule has 7 nitrogen and oxygen atoms in total. The molecular weight excluding hydrogens is 428 g/mol. The quantitative estimate of drug-likeness (QED) is 0.389. The van der Waals surface area contributed by atoms with E-state index in [1.807, 2.05) is 12.1 Å². The highest BCUT2D eigenvalue weighted by Crippen LogP contribution is 2.31. The molecule has 1 saturated carbocycles. The van der Waals surface area contributed by atoms with Crippen molar-refractivity contribution in [1.82, 2.24) is 10.6 Å². The van der Waals surface area contributed by atoms with Crippen molar-refractivity contribution in [2.45, 2.75) is 64.0 Å². The van der Waals surface area contributed by atoms with E-state index < -0.39 is 0 Å². The molecule has 0 bridgehead atoms. The lowest BCUT2D eigenvalue weighted by atomic mass is 9.80. The summed E-state index contributed by atoms with van der Waals surface area (Å²) in [5.41, 5.74) is 8.84. The Labute approximate surface area is 193 Å². The van der Waals surface area contributed by atoms with Crippen LogP contribution in [0, 0.1) is 5.92 Å². The first-order valence-corrected chi connectivity index (χ1v) is 11.6. The molecule has 2 atom stereocenters. The van der Waals surface area contributed by atoms with Gasteiger partial charge in [-0.2, -0.15) is 0 Å². The van der Waals surface area contributed by atoms with Crippen LogP contribution in [0.4, 0.5) is 0 Å². The molecule has 1 aliphatic carbocycles. The second-order valence-electron chi connectivity index (χ2n) is 8.50. The number of hydrogen-bond acceptors (Lipinski definition) is 5. The molecule has 32 heavy (non-hydrogen) atoms. The highest BCUT2D eigenvalue weighted by molar-refractivity contribution is 6.30. The number of allylic oxidation sites excluding steroid dienone is 1. The number of benzene rings is 1. The molecule has 1 aliphatic heterocycles. The number of aliphatic imine (C=N–C) groups is 1. The number of nitrogens with zero attached hydrogens (tertiary/aromatic N) is 1. The maximum absolute atomic E-state index is 12.6. The number of aldehydes is 1. The lowest BCUT2D eigenvalue weighted by Gasteiger charge is -2.27. The molecule has 2 amide bonds. The third-order valence-corrected chi connectivity index (χ3v) is 6.43. The van der Waals surface area contributed by atoms with Crippen LogP contribution in [0.25, 0.3) is 0 Å². The van der Waals surface area contributed by atoms with E-state index in [4.69, 9.17) is 17.3 Å². The molecule has 0 spiro atoms. The van der Waals surface area contributed by atoms with Gasteiger partial charge >= 0.3 is 0 Å². The van der Waals surface area contributed by atoms with E-state index in [9.17, 15) is 14.4 Å². The Morgan fingerprint density at radius 1 is 1.22 bits per heavy atom. The van der Waals surface area contributed by atoms with E-state index in [1.54, 1.807) is 12.1 Å². The Hall–Kier alpha value is -2.67. The summed E-state index contributed by atoms with van der Waals surface area (Å²) >= 11 is 5.90. The number of carbonyl (C=O) groups is 3. The fourth-order valence-corrected chi connectivity index (χ4v) is 4.53. The van der Waals surface area contributed by atoms with Crippen molar-refractivity contribution < 1.29 is 14.4 Å². The summed E-state index contributed by atoms with van der Waals surface area (Å²) in [6.45, 7) is 0.421. The smallest absolute Gasteiger partial charge is 0.267 e. The van der Waals surface area contributed by atoms with Gasteiger partial charge in [0.1, 0.15) is 12.0 Å². The van der Waals surface area contributed by atoms with Crippen molar-refractivity contribution in [2.24, 2.45) is 16.6 Å². The third kappa shape index (κ3) is 6.92. The molecule has 1 heterocycles. The second kappa shape index (κ2) is 11.8. The Morgan fingerprint density at radius 2 is 2.00 bits per heavy atom. The van der Waals surface area contributed by atoms with Crippen molar-refractivity contribution in [3.8, 4) is 0 Å². The summed E-state index contributed by atoms with van der Waals surface area (Å²) in [5.74, 6) is 0.255. The van der Waals surface area contributed by atoms with Crippen LogP contribution in [0.1, 0.15) is 56.9 Å². The van der Waals surface area contributed by atoms with Crippen molar-refractivity contribution in [3.05, 3.63) is 46.1 Å². The van der Waals surface area contributed by atoms with Gasteiger partial charge in [0.2, 0.25) is 5.91 Å². The zero-order valence-corrected chi connectivity index (χ0v) is 19.0. The van der Waals surface area contributed by atoms with Crippen LogP contribution >= 0.6 is 11.6 Å². The van der Waals surface area contributed by atoms with Gasteiger partial charge in [-0.15, -0.1) is 0 Å². The molecule has 0 radical (unpaired) electrons. The van der Waals surface area contributed by atoms with E-state index in [-0.39, 0.29) is 24.1 Å². The highest BCUT2D eigenvalue weighted by Gasteiger charge is 2.27. The van der Waals surface area contributed by atoms with Gasteiger partial charge in [-0.3, -0.25) is 14.6 Å². The second-order valence-corrected chi connectivity index (χ2v) is 8.93. The molecule has 1 unspecified atom stereocenters. The van der Waals surface area contributed by atoms with Crippen molar-refractivity contribution in [3.63, 3.8) is 0 Å². The maximum Gasteiger partial charge on any atom is 0.267 e. The minimum atomic E-state index is -0.329. The van der Waals surface area contributed by atoms with Gasteiger partial charge in [0.15, 0.2) is 0 Å². The van der Waals surface area contributed by atoms with Crippen LogP contribution in [-0.2, 0) is 20.9 Å². The Balaban J connectivity index is 1.57. The van der Waals surface area contributed by atoms with Gasteiger partial charge in [0.05, 0.1) is 6.54 Å². The first kappa shape index (κ1) is 24.0. The normalized spacial score (nSPS) is 23.7. The molecule has 1 saturated heterocycles. The predicted molar refractivity (Wildman–Crippen MR) is 125 cm³/mol. The van der Waals surface area contributed by atoms with Gasteiger partial charge < -0.3 is 21.2 Å². The Morgan fingerprint density at radius 3 is 2.69 bits per heavy atom. The summed E-state index contributed by atoms with van der Waals surface area (Å²) in [7, 11) is 0. The first-order chi connectivity index (χ1) is 15.5. The monoisotopic (exact) mass is 458 g/mol. The van der Waals surface area contributed by atoms with Gasteiger partial charge in [-0.25, -0.2) is 0 Å². The van der Waals surface area contributed by atoms with Crippen molar-refractivity contribution in [1.29, 1.82) is 0 Å². The van der Waals surface area contributed by atoms with Gasteiger partial charge in [-0.1, -0.05) is 30.2 Å². The average molecular weight is 459 g/mol. The predicted octanol–water partition coefficient (Wildman–Crippen LogP) is 3.06. The van der Waals surface area contributed by atoms with E-state index in [2.05, 4.69) is 15.6 Å². The SMILES string of the molecule is NC(C(=O)NCc1ccc(Cl)cc1)=C1CCC(CCC[C@H]2CCC(=O)N2)CC1=NCC=O. The molecular formula is C24H31ClN4O3. The Kier molecular flexibility index (Phi) is 8.85. The van der Waals surface area contributed by atoms with E-state index in [1.165, 1.54) is 0 Å². The van der Waals surface area contributed by atoms with Crippen LogP contribution < -0.4 is 16.4 Å². The Bertz CT molecular complexity index is 895. The topological polar surface area (TPSA) is 114 Å². The fourth-order valence-electron chi connectivity index (χ4n) is 4.40. The number of nitrogens with one attached hydrogen (secondary N) is 2. The van der Waals surface area contributed by atoms with E-state index in [0.717, 1.165) is 55.2 Å². The van der Waals surface area contributed by atoms with Crippen LogP contribution in [-0.4, -0.2) is 36.4 Å². The number of halogens is 1. The van der Waals surface area contributed by atoms with E-state index in [0.29, 0.717) is 42.8 Å². The zero-order valence-electron chi connectivity index (χ0n) is 18.2. The molecule has 1 aromatic carbocycles. The van der Waals surface area contributed by atoms with Crippen LogP contribution in [0.2, 0.25) is 5.02 Å². The maximum atomic E-state index is 12.6. The number of hydrogen-bond donors (Lipinski definition) is 3. The first-order valence-electron chi connectivity index (χ1n) is 11.2. The standard InChI is InChI=1S/C24H31ClN4O3/c25-18-7-4-17(5-8-18)15-28-24(32)23(26)20-10-6-16(14-21(20)27-12-13-30)2-1-3-19-9-11-22(31)29-19/h4-5,7-8,13,16,19H,1-3,6,9-12,14-15,26H2,(H,28,32)(H,29,31)/t16?,19-/m0/s1. The summed E-state index contributed by atoms with van der Waals surface area (Å²) < 4.78 is 0. The van der Waals surface area contributed by atoms with Crippen molar-refractivity contribution >= 4 is 35.4 Å². The molecule has 0 aromatic heterocycles. The lowest BCUT2D eigenvalue weighted by molar-refractivity contribution is -0.119. The number of amides is 2. The van der Waals surface area contributed by atoms with Crippen molar-refractivity contribution in [2.75, 3.05) is 6.54 Å². The zero-order chi connectivity index (χ0) is 22.9. The molecule has 4 N–H and O–H groups in total. The number of nitrogens with two attached hydrogens (primary N) is 1. The lowest BCUT2D eigenvalue weighted by Crippen LogP contribution is -2.32. The van der Waals surface area contributed by atoms with Crippen LogP contribution in [0.3, 0.4) is 0 Å². The number of carbonyl (C=O) groups excluding carboxylic acids is 3. The summed E-state index contributed by atoms with van der Waals surface area (Å²) in [4.78, 5) is 39.3.